The molecule has 40 heavy (non-hydrogen) atoms. The summed E-state index contributed by atoms with van der Waals surface area (Å²) in [4.78, 5) is 72.6. The van der Waals surface area contributed by atoms with Gasteiger partial charge in [0.15, 0.2) is 5.82 Å². The Hall–Kier alpha value is -4.20. The molecule has 0 radical (unpaired) electrons. The van der Waals surface area contributed by atoms with Gasteiger partial charge in [0.05, 0.1) is 13.0 Å². The van der Waals surface area contributed by atoms with Gasteiger partial charge >= 0.3 is 18.0 Å². The molecule has 1 aliphatic rings. The Kier molecular flexibility index (Phi) is 11.2. The van der Waals surface area contributed by atoms with E-state index in [2.05, 4.69) is 15.3 Å². The Balaban J connectivity index is 1.79. The van der Waals surface area contributed by atoms with Crippen LogP contribution in [0.5, 0.6) is 0 Å². The molecule has 3 N–H and O–H groups in total. The zero-order chi connectivity index (χ0) is 29.1. The summed E-state index contributed by atoms with van der Waals surface area (Å²) in [6.45, 7) is 2.82. The average Bonchev–Trinajstić information content (AvgIpc) is 2.95. The van der Waals surface area contributed by atoms with E-state index in [4.69, 9.17) is 9.84 Å². The van der Waals surface area contributed by atoms with E-state index in [1.165, 1.54) is 15.9 Å². The van der Waals surface area contributed by atoms with E-state index in [1.54, 1.807) is 31.2 Å². The number of benzene rings is 1. The van der Waals surface area contributed by atoms with Crippen LogP contribution in [0.3, 0.4) is 0 Å². The topological polar surface area (TPSA) is 179 Å². The maximum Gasteiger partial charge on any atom is 0.409 e. The minimum Gasteiger partial charge on any atom is -0.481 e. The predicted octanol–water partition coefficient (Wildman–Crippen LogP) is 1.97. The quantitative estimate of drug-likeness (QED) is 0.250. The SMILES string of the molecule is CCOC(=O)N1CCN(C(=O)[C@H](CCC(=O)O)NC(=O)c2cc(SCCC(=O)O)nc(-c3ccccc3)n2)CC1. The van der Waals surface area contributed by atoms with Gasteiger partial charge in [0.2, 0.25) is 5.91 Å². The zero-order valence-electron chi connectivity index (χ0n) is 21.9. The van der Waals surface area contributed by atoms with Gasteiger partial charge in [-0.25, -0.2) is 14.8 Å². The summed E-state index contributed by atoms with van der Waals surface area (Å²) in [5, 5.41) is 21.2. The monoisotopic (exact) mass is 573 g/mol. The number of amides is 3. The minimum absolute atomic E-state index is 0.0491. The first-order valence-corrected chi connectivity index (χ1v) is 13.7. The van der Waals surface area contributed by atoms with Crippen LogP contribution in [0.15, 0.2) is 41.4 Å². The molecule has 3 rings (SSSR count). The van der Waals surface area contributed by atoms with Crippen LogP contribution in [0, 0.1) is 0 Å². The zero-order valence-corrected chi connectivity index (χ0v) is 22.8. The number of carboxylic acid groups (broad SMARTS) is 2. The second-order valence-electron chi connectivity index (χ2n) is 8.74. The molecule has 2 aromatic rings. The van der Waals surface area contributed by atoms with Crippen molar-refractivity contribution in [1.29, 1.82) is 0 Å². The molecule has 3 amide bonds. The highest BCUT2D eigenvalue weighted by molar-refractivity contribution is 7.99. The first kappa shape index (κ1) is 30.3. The Morgan fingerprint density at radius 3 is 2.25 bits per heavy atom. The van der Waals surface area contributed by atoms with Crippen molar-refractivity contribution in [2.24, 2.45) is 0 Å². The third-order valence-corrected chi connectivity index (χ3v) is 6.81. The number of aliphatic carboxylic acids is 2. The molecule has 1 aromatic heterocycles. The molecular formula is C26H31N5O8S. The molecule has 214 valence electrons. The molecule has 0 bridgehead atoms. The fraction of sp³-hybridized carbons (Fsp3) is 0.423. The molecule has 1 atom stereocenters. The molecule has 13 nitrogen and oxygen atoms in total. The summed E-state index contributed by atoms with van der Waals surface area (Å²) in [6.07, 6.45) is -1.07. The molecule has 1 fully saturated rings. The molecular weight excluding hydrogens is 542 g/mol. The van der Waals surface area contributed by atoms with Gasteiger partial charge in [-0.05, 0) is 13.3 Å². The van der Waals surface area contributed by atoms with Crippen LogP contribution in [0.4, 0.5) is 4.79 Å². The summed E-state index contributed by atoms with van der Waals surface area (Å²) >= 11 is 1.15. The van der Waals surface area contributed by atoms with Crippen molar-refractivity contribution in [1.82, 2.24) is 25.1 Å². The minimum atomic E-state index is -1.14. The summed E-state index contributed by atoms with van der Waals surface area (Å²) < 4.78 is 5.00. The number of rotatable bonds is 12. The third-order valence-electron chi connectivity index (χ3n) is 5.90. The lowest BCUT2D eigenvalue weighted by Crippen LogP contribution is -2.56. The highest BCUT2D eigenvalue weighted by atomic mass is 32.2. The van der Waals surface area contributed by atoms with E-state index in [9.17, 15) is 29.1 Å². The van der Waals surface area contributed by atoms with Gasteiger partial charge in [0.1, 0.15) is 16.8 Å². The molecule has 2 heterocycles. The normalized spacial score (nSPS) is 13.8. The molecule has 1 aromatic carbocycles. The Morgan fingerprint density at radius 1 is 0.975 bits per heavy atom. The van der Waals surface area contributed by atoms with Crippen LogP contribution in [0.1, 0.15) is 36.7 Å². The maximum absolute atomic E-state index is 13.3. The fourth-order valence-electron chi connectivity index (χ4n) is 3.88. The molecule has 0 unspecified atom stereocenters. The van der Waals surface area contributed by atoms with Crippen LogP contribution in [-0.4, -0.2) is 104 Å². The number of aromatic nitrogens is 2. The second kappa shape index (κ2) is 14.8. The molecule has 0 saturated carbocycles. The predicted molar refractivity (Wildman–Crippen MR) is 144 cm³/mol. The number of carboxylic acids is 2. The molecule has 1 saturated heterocycles. The maximum atomic E-state index is 13.3. The van der Waals surface area contributed by atoms with Crippen molar-refractivity contribution in [3.05, 3.63) is 42.1 Å². The first-order chi connectivity index (χ1) is 19.2. The van der Waals surface area contributed by atoms with Gasteiger partial charge in [0.25, 0.3) is 5.91 Å². The van der Waals surface area contributed by atoms with Crippen molar-refractivity contribution in [3.63, 3.8) is 0 Å². The summed E-state index contributed by atoms with van der Waals surface area (Å²) in [6, 6.07) is 9.17. The molecule has 0 aliphatic carbocycles. The molecule has 1 aliphatic heterocycles. The lowest BCUT2D eigenvalue weighted by molar-refractivity contribution is -0.139. The van der Waals surface area contributed by atoms with Crippen LogP contribution in [0.25, 0.3) is 11.4 Å². The Bertz CT molecular complexity index is 1220. The smallest absolute Gasteiger partial charge is 0.409 e. The highest BCUT2D eigenvalue weighted by Gasteiger charge is 2.31. The van der Waals surface area contributed by atoms with Crippen molar-refractivity contribution in [2.75, 3.05) is 38.5 Å². The van der Waals surface area contributed by atoms with E-state index in [0.29, 0.717) is 10.6 Å². The van der Waals surface area contributed by atoms with E-state index in [1.807, 2.05) is 6.07 Å². The number of hydrogen-bond donors (Lipinski definition) is 3. The van der Waals surface area contributed by atoms with Crippen LogP contribution in [-0.2, 0) is 19.1 Å². The van der Waals surface area contributed by atoms with Crippen molar-refractivity contribution >= 4 is 41.6 Å². The van der Waals surface area contributed by atoms with Gasteiger partial charge in [0, 0.05) is 50.0 Å². The highest BCUT2D eigenvalue weighted by Crippen LogP contribution is 2.22. The van der Waals surface area contributed by atoms with Crippen molar-refractivity contribution in [3.8, 4) is 11.4 Å². The van der Waals surface area contributed by atoms with Gasteiger partial charge in [-0.1, -0.05) is 30.3 Å². The largest absolute Gasteiger partial charge is 0.481 e. The first-order valence-electron chi connectivity index (χ1n) is 12.7. The van der Waals surface area contributed by atoms with Gasteiger partial charge in [-0.15, -0.1) is 11.8 Å². The lowest BCUT2D eigenvalue weighted by atomic mass is 10.1. The fourth-order valence-corrected chi connectivity index (χ4v) is 4.71. The standard InChI is InChI=1S/C26H31N5O8S/c1-2-39-26(38)31-13-11-30(12-14-31)25(37)18(8-9-21(32)33)28-24(36)19-16-20(40-15-10-22(34)35)29-23(27-19)17-6-4-3-5-7-17/h3-7,16,18H,2,8-15H2,1H3,(H,28,36)(H,32,33)(H,34,35)/t18-/m0/s1. The number of carbonyl (C=O) groups is 5. The van der Waals surface area contributed by atoms with Crippen LogP contribution >= 0.6 is 11.8 Å². The van der Waals surface area contributed by atoms with Gasteiger partial charge < -0.3 is 30.1 Å². The number of nitrogens with one attached hydrogen (secondary N) is 1. The Morgan fingerprint density at radius 2 is 1.62 bits per heavy atom. The number of thioether (sulfide) groups is 1. The van der Waals surface area contributed by atoms with E-state index < -0.39 is 35.9 Å². The number of nitrogens with zero attached hydrogens (tertiary/aromatic N) is 4. The average molecular weight is 574 g/mol. The lowest BCUT2D eigenvalue weighted by Gasteiger charge is -2.35. The van der Waals surface area contributed by atoms with Crippen LogP contribution in [0.2, 0.25) is 0 Å². The van der Waals surface area contributed by atoms with Gasteiger partial charge in [-0.2, -0.15) is 0 Å². The van der Waals surface area contributed by atoms with E-state index in [-0.39, 0.29) is 69.3 Å². The third kappa shape index (κ3) is 8.93. The molecule has 0 spiro atoms. The summed E-state index contributed by atoms with van der Waals surface area (Å²) in [5.74, 6) is -2.79. The summed E-state index contributed by atoms with van der Waals surface area (Å²) in [5.41, 5.74) is 0.585. The van der Waals surface area contributed by atoms with E-state index >= 15 is 0 Å². The number of ether oxygens (including phenoxy) is 1. The number of hydrogen-bond acceptors (Lipinski definition) is 9. The number of carbonyl (C=O) groups excluding carboxylic acids is 3. The van der Waals surface area contributed by atoms with Gasteiger partial charge in [-0.3, -0.25) is 19.2 Å². The van der Waals surface area contributed by atoms with Crippen molar-refractivity contribution in [2.45, 2.75) is 37.3 Å². The van der Waals surface area contributed by atoms with E-state index in [0.717, 1.165) is 11.8 Å². The molecule has 14 heteroatoms. The second-order valence-corrected chi connectivity index (χ2v) is 9.86. The number of piperazine rings is 1. The Labute approximate surface area is 234 Å². The van der Waals surface area contributed by atoms with Crippen LogP contribution < -0.4 is 5.32 Å². The summed E-state index contributed by atoms with van der Waals surface area (Å²) in [7, 11) is 0. The van der Waals surface area contributed by atoms with Crippen molar-refractivity contribution < 1.29 is 38.9 Å².